The third-order valence-corrected chi connectivity index (χ3v) is 6.63. The van der Waals surface area contributed by atoms with E-state index in [1.807, 2.05) is 4.90 Å². The first-order chi connectivity index (χ1) is 13.8. The zero-order valence-electron chi connectivity index (χ0n) is 16.5. The molecule has 1 saturated heterocycles. The minimum absolute atomic E-state index is 0.265. The van der Waals surface area contributed by atoms with Crippen molar-refractivity contribution < 1.29 is 4.79 Å². The van der Waals surface area contributed by atoms with Crippen molar-refractivity contribution in [3.8, 4) is 0 Å². The molecule has 0 radical (unpaired) electrons. The van der Waals surface area contributed by atoms with E-state index in [0.717, 1.165) is 57.2 Å². The van der Waals surface area contributed by atoms with Crippen LogP contribution < -0.4 is 5.32 Å². The van der Waals surface area contributed by atoms with Gasteiger partial charge in [0.15, 0.2) is 0 Å². The number of fused-ring (bicyclic) bond motifs is 2. The van der Waals surface area contributed by atoms with Gasteiger partial charge in [0.2, 0.25) is 5.91 Å². The molecule has 28 heavy (non-hydrogen) atoms. The van der Waals surface area contributed by atoms with Crippen molar-refractivity contribution >= 4 is 5.91 Å². The second-order valence-corrected chi connectivity index (χ2v) is 8.44. The molecule has 0 atom stereocenters. The summed E-state index contributed by atoms with van der Waals surface area (Å²) in [6.07, 6.45) is 7.44. The molecule has 6 heteroatoms. The second-order valence-electron chi connectivity index (χ2n) is 8.44. The molecule has 6 nitrogen and oxygen atoms in total. The maximum atomic E-state index is 12.8. The molecule has 148 valence electrons. The molecule has 1 fully saturated rings. The highest BCUT2D eigenvalue weighted by atomic mass is 16.2. The Kier molecular flexibility index (Phi) is 4.89. The number of hydrogen-bond acceptors (Lipinski definition) is 4. The number of amides is 1. The Bertz CT molecular complexity index is 866. The van der Waals surface area contributed by atoms with Crippen LogP contribution in [0.15, 0.2) is 18.2 Å². The molecule has 0 spiro atoms. The van der Waals surface area contributed by atoms with Crippen molar-refractivity contribution in [1.29, 1.82) is 0 Å². The Balaban J connectivity index is 1.20. The summed E-state index contributed by atoms with van der Waals surface area (Å²) in [6, 6.07) is 6.67. The molecule has 1 aliphatic carbocycles. The summed E-state index contributed by atoms with van der Waals surface area (Å²) in [5, 5.41) is 12.2. The fraction of sp³-hybridized carbons (Fsp3) is 0.591. The number of aryl methyl sites for hydroxylation is 2. The molecule has 2 aromatic rings. The first-order valence-electron chi connectivity index (χ1n) is 10.8. The first kappa shape index (κ1) is 17.9. The van der Waals surface area contributed by atoms with Crippen LogP contribution >= 0.6 is 0 Å². The SMILES string of the molecule is O=C(Cc1ccc2c(c1)CCCC2)N1CCC(c2nnc3n2CCNC3)CC1. The molecule has 1 aromatic carbocycles. The molecule has 0 unspecified atom stereocenters. The second kappa shape index (κ2) is 7.66. The highest BCUT2D eigenvalue weighted by Gasteiger charge is 2.28. The monoisotopic (exact) mass is 379 g/mol. The molecule has 1 aromatic heterocycles. The average Bonchev–Trinajstić information content (AvgIpc) is 3.18. The molecular formula is C22H29N5O. The molecule has 1 N–H and O–H groups in total. The van der Waals surface area contributed by atoms with E-state index in [1.165, 1.54) is 42.4 Å². The number of benzene rings is 1. The van der Waals surface area contributed by atoms with Gasteiger partial charge in [0.1, 0.15) is 11.6 Å². The van der Waals surface area contributed by atoms with Gasteiger partial charge in [-0.25, -0.2) is 0 Å². The Morgan fingerprint density at radius 3 is 2.75 bits per heavy atom. The molecule has 3 aliphatic rings. The van der Waals surface area contributed by atoms with Gasteiger partial charge in [-0.1, -0.05) is 18.2 Å². The summed E-state index contributed by atoms with van der Waals surface area (Å²) in [6.45, 7) is 4.40. The van der Waals surface area contributed by atoms with Crippen molar-refractivity contribution in [2.24, 2.45) is 0 Å². The minimum Gasteiger partial charge on any atom is -0.342 e. The van der Waals surface area contributed by atoms with E-state index >= 15 is 0 Å². The number of likely N-dealkylation sites (tertiary alicyclic amines) is 1. The Morgan fingerprint density at radius 2 is 1.89 bits per heavy atom. The van der Waals surface area contributed by atoms with E-state index in [9.17, 15) is 4.79 Å². The highest BCUT2D eigenvalue weighted by Crippen LogP contribution is 2.28. The number of hydrogen-bond donors (Lipinski definition) is 1. The van der Waals surface area contributed by atoms with E-state index < -0.39 is 0 Å². The van der Waals surface area contributed by atoms with Gasteiger partial charge in [-0.3, -0.25) is 4.79 Å². The van der Waals surface area contributed by atoms with Crippen molar-refractivity contribution in [3.05, 3.63) is 46.5 Å². The lowest BCUT2D eigenvalue weighted by Crippen LogP contribution is -2.39. The fourth-order valence-electron chi connectivity index (χ4n) is 4.99. The summed E-state index contributed by atoms with van der Waals surface area (Å²) in [5.41, 5.74) is 4.11. The molecule has 5 rings (SSSR count). The van der Waals surface area contributed by atoms with E-state index in [-0.39, 0.29) is 5.91 Å². The molecule has 3 heterocycles. The number of carbonyl (C=O) groups is 1. The quantitative estimate of drug-likeness (QED) is 0.888. The van der Waals surface area contributed by atoms with Crippen LogP contribution in [0, 0.1) is 0 Å². The molecule has 0 saturated carbocycles. The van der Waals surface area contributed by atoms with Gasteiger partial charge in [-0.15, -0.1) is 10.2 Å². The van der Waals surface area contributed by atoms with E-state index in [2.05, 4.69) is 38.3 Å². The van der Waals surface area contributed by atoms with Gasteiger partial charge in [-0.2, -0.15) is 0 Å². The lowest BCUT2D eigenvalue weighted by atomic mass is 9.89. The number of carbonyl (C=O) groups excluding carboxylic acids is 1. The Labute approximate surface area is 166 Å². The number of nitrogens with zero attached hydrogens (tertiary/aromatic N) is 4. The Hall–Kier alpha value is -2.21. The average molecular weight is 380 g/mol. The summed E-state index contributed by atoms with van der Waals surface area (Å²) in [4.78, 5) is 14.9. The van der Waals surface area contributed by atoms with Crippen molar-refractivity contribution in [1.82, 2.24) is 25.0 Å². The van der Waals surface area contributed by atoms with Crippen LogP contribution in [-0.4, -0.2) is 45.2 Å². The van der Waals surface area contributed by atoms with Crippen LogP contribution in [0.1, 0.15) is 59.9 Å². The van der Waals surface area contributed by atoms with Crippen LogP contribution in [0.3, 0.4) is 0 Å². The van der Waals surface area contributed by atoms with Gasteiger partial charge in [0, 0.05) is 32.1 Å². The van der Waals surface area contributed by atoms with E-state index in [0.29, 0.717) is 12.3 Å². The third-order valence-electron chi connectivity index (χ3n) is 6.63. The summed E-state index contributed by atoms with van der Waals surface area (Å²) in [7, 11) is 0. The molecular weight excluding hydrogens is 350 g/mol. The maximum absolute atomic E-state index is 12.8. The highest BCUT2D eigenvalue weighted by molar-refractivity contribution is 5.79. The van der Waals surface area contributed by atoms with Gasteiger partial charge in [-0.05, 0) is 55.2 Å². The number of aromatic nitrogens is 3. The third kappa shape index (κ3) is 3.46. The Morgan fingerprint density at radius 1 is 1.07 bits per heavy atom. The number of piperidine rings is 1. The lowest BCUT2D eigenvalue weighted by molar-refractivity contribution is -0.131. The topological polar surface area (TPSA) is 63.1 Å². The van der Waals surface area contributed by atoms with Crippen LogP contribution in [0.25, 0.3) is 0 Å². The normalized spacial score (nSPS) is 19.9. The van der Waals surface area contributed by atoms with Crippen molar-refractivity contribution in [3.63, 3.8) is 0 Å². The van der Waals surface area contributed by atoms with Crippen LogP contribution in [0.2, 0.25) is 0 Å². The zero-order chi connectivity index (χ0) is 18.9. The molecule has 1 amide bonds. The van der Waals surface area contributed by atoms with E-state index in [1.54, 1.807) is 0 Å². The largest absolute Gasteiger partial charge is 0.342 e. The minimum atomic E-state index is 0.265. The molecule has 2 aliphatic heterocycles. The number of nitrogens with one attached hydrogen (secondary N) is 1. The summed E-state index contributed by atoms with van der Waals surface area (Å²) in [5.74, 6) is 2.86. The van der Waals surface area contributed by atoms with E-state index in [4.69, 9.17) is 0 Å². The van der Waals surface area contributed by atoms with Crippen LogP contribution in [0.4, 0.5) is 0 Å². The summed E-state index contributed by atoms with van der Waals surface area (Å²) < 4.78 is 2.28. The fourth-order valence-corrected chi connectivity index (χ4v) is 4.99. The lowest BCUT2D eigenvalue weighted by Gasteiger charge is -2.32. The standard InChI is InChI=1S/C22H29N5O/c28-21(14-16-5-6-17-3-1-2-4-19(17)13-16)26-10-7-18(8-11-26)22-25-24-20-15-23-9-12-27(20)22/h5-6,13,18,23H,1-4,7-12,14-15H2. The smallest absolute Gasteiger partial charge is 0.226 e. The van der Waals surface area contributed by atoms with Crippen molar-refractivity contribution in [2.45, 2.75) is 64.0 Å². The molecule has 0 bridgehead atoms. The van der Waals surface area contributed by atoms with Crippen molar-refractivity contribution in [2.75, 3.05) is 19.6 Å². The van der Waals surface area contributed by atoms with Gasteiger partial charge in [0.25, 0.3) is 0 Å². The summed E-state index contributed by atoms with van der Waals surface area (Å²) >= 11 is 0. The van der Waals surface area contributed by atoms with Gasteiger partial charge in [0.05, 0.1) is 13.0 Å². The first-order valence-corrected chi connectivity index (χ1v) is 10.8. The maximum Gasteiger partial charge on any atom is 0.226 e. The van der Waals surface area contributed by atoms with Crippen LogP contribution in [0.5, 0.6) is 0 Å². The van der Waals surface area contributed by atoms with Gasteiger partial charge < -0.3 is 14.8 Å². The van der Waals surface area contributed by atoms with Gasteiger partial charge >= 0.3 is 0 Å². The number of rotatable bonds is 3. The zero-order valence-corrected chi connectivity index (χ0v) is 16.5. The predicted molar refractivity (Wildman–Crippen MR) is 107 cm³/mol. The van der Waals surface area contributed by atoms with Crippen LogP contribution in [-0.2, 0) is 37.1 Å². The predicted octanol–water partition coefficient (Wildman–Crippen LogP) is 2.21.